The van der Waals surface area contributed by atoms with Crippen LogP contribution in [-0.4, -0.2) is 22.4 Å². The van der Waals surface area contributed by atoms with Gasteiger partial charge in [0.25, 0.3) is 0 Å². The number of aromatic nitrogens is 1. The topological polar surface area (TPSA) is 80.5 Å². The summed E-state index contributed by atoms with van der Waals surface area (Å²) < 4.78 is 0.990. The zero-order chi connectivity index (χ0) is 15.0. The summed E-state index contributed by atoms with van der Waals surface area (Å²) in [6.45, 7) is 2.71. The molecule has 5 nitrogen and oxygen atoms in total. The van der Waals surface area contributed by atoms with Crippen LogP contribution >= 0.6 is 15.9 Å². The predicted octanol–water partition coefficient (Wildman–Crippen LogP) is 2.75. The van der Waals surface area contributed by atoms with Crippen LogP contribution in [0.25, 0.3) is 11.3 Å². The first-order valence-electron chi connectivity index (χ1n) is 6.74. The SMILES string of the molecule is CCN1C(N)=Nc2nc(-c3ccccc3Br)ccc2C1N. The lowest BCUT2D eigenvalue weighted by atomic mass is 10.1. The molecule has 0 radical (unpaired) electrons. The van der Waals surface area contributed by atoms with Crippen LogP contribution in [0.15, 0.2) is 45.9 Å². The molecule has 2 heterocycles. The zero-order valence-electron chi connectivity index (χ0n) is 11.6. The summed E-state index contributed by atoms with van der Waals surface area (Å²) in [7, 11) is 0. The van der Waals surface area contributed by atoms with E-state index in [2.05, 4.69) is 25.9 Å². The van der Waals surface area contributed by atoms with Crippen LogP contribution in [0.3, 0.4) is 0 Å². The lowest BCUT2D eigenvalue weighted by Gasteiger charge is -2.32. The number of rotatable bonds is 2. The standard InChI is InChI=1S/C15H16BrN5/c1-2-21-13(17)10-7-8-12(19-14(10)20-15(21)18)9-5-3-4-6-11(9)16/h3-8,13H,2,17H2,1H3,(H2,18,19,20). The van der Waals surface area contributed by atoms with Gasteiger partial charge in [-0.1, -0.05) is 34.1 Å². The third kappa shape index (κ3) is 2.41. The molecule has 0 aliphatic carbocycles. The smallest absolute Gasteiger partial charge is 0.199 e. The first-order valence-corrected chi connectivity index (χ1v) is 7.53. The van der Waals surface area contributed by atoms with Gasteiger partial charge in [-0.25, -0.2) is 4.98 Å². The van der Waals surface area contributed by atoms with E-state index in [4.69, 9.17) is 11.5 Å². The Hall–Kier alpha value is -1.92. The van der Waals surface area contributed by atoms with E-state index in [1.165, 1.54) is 0 Å². The molecule has 4 N–H and O–H groups in total. The largest absolute Gasteiger partial charge is 0.369 e. The Morgan fingerprint density at radius 2 is 2.00 bits per heavy atom. The van der Waals surface area contributed by atoms with Crippen LogP contribution < -0.4 is 11.5 Å². The first kappa shape index (κ1) is 14.0. The van der Waals surface area contributed by atoms with E-state index in [1.54, 1.807) is 0 Å². The molecule has 0 fully saturated rings. The molecule has 0 saturated heterocycles. The molecule has 1 atom stereocenters. The summed E-state index contributed by atoms with van der Waals surface area (Å²) in [6.07, 6.45) is -0.303. The molecule has 0 amide bonds. The first-order chi connectivity index (χ1) is 10.1. The minimum atomic E-state index is -0.303. The molecule has 1 unspecified atom stereocenters. The predicted molar refractivity (Wildman–Crippen MR) is 88.0 cm³/mol. The van der Waals surface area contributed by atoms with Gasteiger partial charge < -0.3 is 16.4 Å². The molecule has 0 saturated carbocycles. The Morgan fingerprint density at radius 1 is 1.24 bits per heavy atom. The van der Waals surface area contributed by atoms with E-state index in [0.717, 1.165) is 21.3 Å². The second kappa shape index (κ2) is 5.46. The molecule has 1 aliphatic rings. The molecular weight excluding hydrogens is 330 g/mol. The van der Waals surface area contributed by atoms with Gasteiger partial charge >= 0.3 is 0 Å². The molecule has 1 aliphatic heterocycles. The van der Waals surface area contributed by atoms with Crippen molar-refractivity contribution < 1.29 is 0 Å². The zero-order valence-corrected chi connectivity index (χ0v) is 13.2. The molecule has 2 aromatic rings. The number of fused-ring (bicyclic) bond motifs is 1. The van der Waals surface area contributed by atoms with Crippen LogP contribution in [0.5, 0.6) is 0 Å². The van der Waals surface area contributed by atoms with Gasteiger partial charge in [0.2, 0.25) is 0 Å². The van der Waals surface area contributed by atoms with E-state index in [9.17, 15) is 0 Å². The van der Waals surface area contributed by atoms with E-state index in [1.807, 2.05) is 48.2 Å². The highest BCUT2D eigenvalue weighted by Gasteiger charge is 2.25. The summed E-state index contributed by atoms with van der Waals surface area (Å²) in [4.78, 5) is 10.8. The lowest BCUT2D eigenvalue weighted by Crippen LogP contribution is -2.45. The molecular formula is C15H16BrN5. The van der Waals surface area contributed by atoms with Gasteiger partial charge in [0.15, 0.2) is 11.8 Å². The highest BCUT2D eigenvalue weighted by molar-refractivity contribution is 9.10. The van der Waals surface area contributed by atoms with Gasteiger partial charge in [0.1, 0.15) is 6.17 Å². The Balaban J connectivity index is 2.10. The molecule has 0 bridgehead atoms. The van der Waals surface area contributed by atoms with Crippen molar-refractivity contribution in [3.8, 4) is 11.3 Å². The van der Waals surface area contributed by atoms with Crippen molar-refractivity contribution in [1.29, 1.82) is 0 Å². The highest BCUT2D eigenvalue weighted by atomic mass is 79.9. The minimum Gasteiger partial charge on any atom is -0.369 e. The molecule has 21 heavy (non-hydrogen) atoms. The van der Waals surface area contributed by atoms with Gasteiger partial charge in [-0.3, -0.25) is 0 Å². The fraction of sp³-hybridized carbons (Fsp3) is 0.200. The van der Waals surface area contributed by atoms with Crippen molar-refractivity contribution in [2.75, 3.05) is 6.54 Å². The summed E-state index contributed by atoms with van der Waals surface area (Å²) in [5.74, 6) is 1.01. The molecule has 0 spiro atoms. The molecule has 1 aromatic heterocycles. The normalized spacial score (nSPS) is 17.4. The number of nitrogens with two attached hydrogens (primary N) is 2. The number of benzene rings is 1. The maximum atomic E-state index is 6.23. The maximum Gasteiger partial charge on any atom is 0.199 e. The quantitative estimate of drug-likeness (QED) is 0.876. The molecule has 1 aromatic carbocycles. The number of halogens is 1. The number of nitrogens with zero attached hydrogens (tertiary/aromatic N) is 3. The highest BCUT2D eigenvalue weighted by Crippen LogP contribution is 2.33. The van der Waals surface area contributed by atoms with Crippen molar-refractivity contribution in [2.45, 2.75) is 13.1 Å². The van der Waals surface area contributed by atoms with Crippen molar-refractivity contribution in [1.82, 2.24) is 9.88 Å². The average molecular weight is 346 g/mol. The summed E-state index contributed by atoms with van der Waals surface area (Å²) in [5.41, 5.74) is 14.9. The monoisotopic (exact) mass is 345 g/mol. The van der Waals surface area contributed by atoms with Gasteiger partial charge in [-0.2, -0.15) is 4.99 Å². The van der Waals surface area contributed by atoms with Gasteiger partial charge in [-0.15, -0.1) is 0 Å². The Bertz CT molecular complexity index is 713. The molecule has 108 valence electrons. The maximum absolute atomic E-state index is 6.23. The van der Waals surface area contributed by atoms with Crippen molar-refractivity contribution in [3.63, 3.8) is 0 Å². The Morgan fingerprint density at radius 3 is 2.71 bits per heavy atom. The third-order valence-electron chi connectivity index (χ3n) is 3.56. The van der Waals surface area contributed by atoms with E-state index in [0.29, 0.717) is 18.3 Å². The van der Waals surface area contributed by atoms with E-state index < -0.39 is 0 Å². The molecule has 3 rings (SSSR count). The lowest BCUT2D eigenvalue weighted by molar-refractivity contribution is 0.329. The third-order valence-corrected chi connectivity index (χ3v) is 4.26. The van der Waals surface area contributed by atoms with Crippen LogP contribution in [0.4, 0.5) is 5.82 Å². The Kier molecular flexibility index (Phi) is 3.65. The van der Waals surface area contributed by atoms with Gasteiger partial charge in [0, 0.05) is 22.1 Å². The second-order valence-electron chi connectivity index (χ2n) is 4.79. The minimum absolute atomic E-state index is 0.303. The fourth-order valence-electron chi connectivity index (χ4n) is 2.44. The summed E-state index contributed by atoms with van der Waals surface area (Å²) in [6, 6.07) is 11.9. The fourth-order valence-corrected chi connectivity index (χ4v) is 2.93. The second-order valence-corrected chi connectivity index (χ2v) is 5.64. The van der Waals surface area contributed by atoms with Gasteiger partial charge in [0.05, 0.1) is 5.69 Å². The van der Waals surface area contributed by atoms with Crippen LogP contribution in [0, 0.1) is 0 Å². The molecule has 6 heteroatoms. The van der Waals surface area contributed by atoms with E-state index >= 15 is 0 Å². The van der Waals surface area contributed by atoms with Crippen molar-refractivity contribution in [2.24, 2.45) is 16.5 Å². The number of aliphatic imine (C=N–C) groups is 1. The number of guanidine groups is 1. The average Bonchev–Trinajstić information content (AvgIpc) is 2.47. The van der Waals surface area contributed by atoms with Crippen LogP contribution in [0.1, 0.15) is 18.7 Å². The number of hydrogen-bond acceptors (Lipinski definition) is 5. The summed E-state index contributed by atoms with van der Waals surface area (Å²) >= 11 is 3.54. The van der Waals surface area contributed by atoms with Crippen LogP contribution in [-0.2, 0) is 0 Å². The Labute approximate surface area is 131 Å². The number of pyridine rings is 1. The number of hydrogen-bond donors (Lipinski definition) is 2. The van der Waals surface area contributed by atoms with E-state index in [-0.39, 0.29) is 6.17 Å². The summed E-state index contributed by atoms with van der Waals surface area (Å²) in [5, 5.41) is 0. The van der Waals surface area contributed by atoms with Crippen molar-refractivity contribution >= 4 is 27.7 Å². The van der Waals surface area contributed by atoms with Gasteiger partial charge in [-0.05, 0) is 25.1 Å². The van der Waals surface area contributed by atoms with Crippen molar-refractivity contribution in [3.05, 3.63) is 46.4 Å². The van der Waals surface area contributed by atoms with Crippen LogP contribution in [0.2, 0.25) is 0 Å².